The van der Waals surface area contributed by atoms with E-state index < -0.39 is 18.0 Å². The van der Waals surface area contributed by atoms with Crippen LogP contribution in [0.5, 0.6) is 5.75 Å². The van der Waals surface area contributed by atoms with Crippen LogP contribution in [0.25, 0.3) is 0 Å². The summed E-state index contributed by atoms with van der Waals surface area (Å²) >= 11 is 0. The summed E-state index contributed by atoms with van der Waals surface area (Å²) in [7, 11) is 0. The zero-order valence-electron chi connectivity index (χ0n) is 14.8. The van der Waals surface area contributed by atoms with Gasteiger partial charge in [-0.25, -0.2) is 9.18 Å². The number of amides is 1. The van der Waals surface area contributed by atoms with Gasteiger partial charge in [0.25, 0.3) is 5.91 Å². The zero-order valence-corrected chi connectivity index (χ0v) is 14.8. The van der Waals surface area contributed by atoms with Gasteiger partial charge >= 0.3 is 5.97 Å². The van der Waals surface area contributed by atoms with Crippen molar-refractivity contribution < 1.29 is 23.5 Å². The van der Waals surface area contributed by atoms with Crippen LogP contribution in [0.1, 0.15) is 29.8 Å². The summed E-state index contributed by atoms with van der Waals surface area (Å²) in [6.07, 6.45) is -0.384. The second-order valence-electron chi connectivity index (χ2n) is 5.64. The maximum absolute atomic E-state index is 12.9. The van der Waals surface area contributed by atoms with Crippen LogP contribution in [0, 0.1) is 5.82 Å². The average Bonchev–Trinajstić information content (AvgIpc) is 2.64. The minimum Gasteiger partial charge on any atom is -0.493 e. The molecule has 0 bridgehead atoms. The summed E-state index contributed by atoms with van der Waals surface area (Å²) in [5, 5.41) is 2.70. The van der Waals surface area contributed by atoms with E-state index in [1.807, 2.05) is 6.92 Å². The number of carbonyl (C=O) groups excluding carboxylic acids is 2. The van der Waals surface area contributed by atoms with Gasteiger partial charge in [-0.05, 0) is 50.1 Å². The first-order valence-corrected chi connectivity index (χ1v) is 8.46. The molecule has 1 amide bonds. The summed E-state index contributed by atoms with van der Waals surface area (Å²) < 4.78 is 23.5. The first kappa shape index (κ1) is 19.4. The molecule has 0 unspecified atom stereocenters. The molecule has 0 fully saturated rings. The van der Waals surface area contributed by atoms with Crippen LogP contribution >= 0.6 is 0 Å². The molecule has 0 saturated carbocycles. The number of para-hydroxylation sites is 1. The molecule has 0 aromatic heterocycles. The Hall–Kier alpha value is -2.89. The van der Waals surface area contributed by atoms with Crippen LogP contribution in [-0.4, -0.2) is 31.1 Å². The molecule has 0 spiro atoms. The van der Waals surface area contributed by atoms with E-state index in [0.29, 0.717) is 25.3 Å². The third-order valence-electron chi connectivity index (χ3n) is 3.69. The van der Waals surface area contributed by atoms with Gasteiger partial charge in [-0.2, -0.15) is 0 Å². The number of esters is 1. The Morgan fingerprint density at radius 2 is 1.81 bits per heavy atom. The third kappa shape index (κ3) is 5.58. The lowest BCUT2D eigenvalue weighted by atomic mass is 10.1. The lowest BCUT2D eigenvalue weighted by Gasteiger charge is -2.15. The molecule has 0 heterocycles. The molecule has 2 rings (SSSR count). The Bertz CT molecular complexity index is 746. The predicted molar refractivity (Wildman–Crippen MR) is 95.6 cm³/mol. The van der Waals surface area contributed by atoms with Crippen molar-refractivity contribution in [2.45, 2.75) is 26.4 Å². The molecule has 1 atom stereocenters. The van der Waals surface area contributed by atoms with Crippen LogP contribution in [0.2, 0.25) is 0 Å². The molecular formula is C20H22FNO4. The third-order valence-corrected chi connectivity index (χ3v) is 3.69. The molecule has 138 valence electrons. The highest BCUT2D eigenvalue weighted by Crippen LogP contribution is 2.19. The summed E-state index contributed by atoms with van der Waals surface area (Å²) in [5.41, 5.74) is 1.18. The van der Waals surface area contributed by atoms with Gasteiger partial charge in [-0.1, -0.05) is 24.3 Å². The van der Waals surface area contributed by atoms with Crippen molar-refractivity contribution >= 4 is 11.9 Å². The largest absolute Gasteiger partial charge is 0.493 e. The van der Waals surface area contributed by atoms with E-state index in [9.17, 15) is 14.0 Å². The molecule has 2 aromatic rings. The minimum absolute atomic E-state index is 0.278. The summed E-state index contributed by atoms with van der Waals surface area (Å²) in [6.45, 7) is 4.11. The smallest absolute Gasteiger partial charge is 0.342 e. The SMILES string of the molecule is CCOc1ccccc1C(=O)O[C@H](C)C(=O)NCCc1ccc(F)cc1. The number of hydrogen-bond acceptors (Lipinski definition) is 4. The first-order chi connectivity index (χ1) is 12.5. The quantitative estimate of drug-likeness (QED) is 0.736. The molecule has 1 N–H and O–H groups in total. The van der Waals surface area contributed by atoms with E-state index >= 15 is 0 Å². The van der Waals surface area contributed by atoms with E-state index in [4.69, 9.17) is 9.47 Å². The van der Waals surface area contributed by atoms with E-state index in [1.54, 1.807) is 36.4 Å². The number of nitrogens with one attached hydrogen (secondary N) is 1. The molecule has 0 aliphatic carbocycles. The molecule has 0 radical (unpaired) electrons. The molecule has 0 aliphatic rings. The number of rotatable bonds is 8. The molecule has 2 aromatic carbocycles. The van der Waals surface area contributed by atoms with Crippen molar-refractivity contribution in [1.82, 2.24) is 5.32 Å². The fraction of sp³-hybridized carbons (Fsp3) is 0.300. The van der Waals surface area contributed by atoms with Crippen molar-refractivity contribution in [2.24, 2.45) is 0 Å². The van der Waals surface area contributed by atoms with E-state index in [2.05, 4.69) is 5.32 Å². The van der Waals surface area contributed by atoms with Crippen LogP contribution in [0.4, 0.5) is 4.39 Å². The fourth-order valence-electron chi connectivity index (χ4n) is 2.32. The van der Waals surface area contributed by atoms with Gasteiger partial charge in [0.2, 0.25) is 0 Å². The number of halogens is 1. The summed E-state index contributed by atoms with van der Waals surface area (Å²) in [4.78, 5) is 24.3. The zero-order chi connectivity index (χ0) is 18.9. The Morgan fingerprint density at radius 1 is 1.12 bits per heavy atom. The maximum Gasteiger partial charge on any atom is 0.342 e. The maximum atomic E-state index is 12.9. The van der Waals surface area contributed by atoms with Crippen LogP contribution in [0.3, 0.4) is 0 Å². The highest BCUT2D eigenvalue weighted by molar-refractivity contribution is 5.94. The Morgan fingerprint density at radius 3 is 2.50 bits per heavy atom. The molecule has 5 nitrogen and oxygen atoms in total. The Balaban J connectivity index is 1.84. The van der Waals surface area contributed by atoms with E-state index in [0.717, 1.165) is 5.56 Å². The average molecular weight is 359 g/mol. The van der Waals surface area contributed by atoms with Crippen molar-refractivity contribution in [2.75, 3.05) is 13.2 Å². The predicted octanol–water partition coefficient (Wildman–Crippen LogP) is 3.13. The summed E-state index contributed by atoms with van der Waals surface area (Å²) in [6, 6.07) is 12.8. The standard InChI is InChI=1S/C20H22FNO4/c1-3-25-18-7-5-4-6-17(18)20(24)26-14(2)19(23)22-13-12-15-8-10-16(21)11-9-15/h4-11,14H,3,12-13H2,1-2H3,(H,22,23)/t14-/m1/s1. The minimum atomic E-state index is -0.939. The van der Waals surface area contributed by atoms with Gasteiger partial charge < -0.3 is 14.8 Å². The Labute approximate surface area is 152 Å². The molecule has 26 heavy (non-hydrogen) atoms. The normalized spacial score (nSPS) is 11.5. The van der Waals surface area contributed by atoms with Crippen LogP contribution < -0.4 is 10.1 Å². The lowest BCUT2D eigenvalue weighted by Crippen LogP contribution is -2.37. The van der Waals surface area contributed by atoms with E-state index in [1.165, 1.54) is 19.1 Å². The molecule has 6 heteroatoms. The fourth-order valence-corrected chi connectivity index (χ4v) is 2.32. The van der Waals surface area contributed by atoms with Gasteiger partial charge in [0, 0.05) is 6.54 Å². The highest BCUT2D eigenvalue weighted by atomic mass is 19.1. The molecule has 0 aliphatic heterocycles. The van der Waals surface area contributed by atoms with Gasteiger partial charge in [0.05, 0.1) is 6.61 Å². The van der Waals surface area contributed by atoms with Gasteiger partial charge in [0.1, 0.15) is 17.1 Å². The number of benzene rings is 2. The van der Waals surface area contributed by atoms with Gasteiger partial charge in [-0.15, -0.1) is 0 Å². The van der Waals surface area contributed by atoms with Crippen molar-refractivity contribution in [3.63, 3.8) is 0 Å². The van der Waals surface area contributed by atoms with E-state index in [-0.39, 0.29) is 11.4 Å². The second-order valence-corrected chi connectivity index (χ2v) is 5.64. The lowest BCUT2D eigenvalue weighted by molar-refractivity contribution is -0.129. The number of ether oxygens (including phenoxy) is 2. The Kier molecular flexibility index (Phi) is 7.14. The number of carbonyl (C=O) groups is 2. The van der Waals surface area contributed by atoms with Crippen LogP contribution in [-0.2, 0) is 16.0 Å². The van der Waals surface area contributed by atoms with Gasteiger partial charge in [-0.3, -0.25) is 4.79 Å². The summed E-state index contributed by atoms with van der Waals surface area (Å²) in [5.74, 6) is -0.890. The monoisotopic (exact) mass is 359 g/mol. The first-order valence-electron chi connectivity index (χ1n) is 8.46. The molecular weight excluding hydrogens is 337 g/mol. The topological polar surface area (TPSA) is 64.6 Å². The van der Waals surface area contributed by atoms with Gasteiger partial charge in [0.15, 0.2) is 6.10 Å². The second kappa shape index (κ2) is 9.56. The van der Waals surface area contributed by atoms with Crippen molar-refractivity contribution in [3.8, 4) is 5.75 Å². The molecule has 0 saturated heterocycles. The van der Waals surface area contributed by atoms with Crippen LogP contribution in [0.15, 0.2) is 48.5 Å². The van der Waals surface area contributed by atoms with Crippen molar-refractivity contribution in [3.05, 3.63) is 65.5 Å². The van der Waals surface area contributed by atoms with Crippen molar-refractivity contribution in [1.29, 1.82) is 0 Å². The number of hydrogen-bond donors (Lipinski definition) is 1. The highest BCUT2D eigenvalue weighted by Gasteiger charge is 2.20.